The van der Waals surface area contributed by atoms with Crippen LogP contribution in [0.25, 0.3) is 0 Å². The fourth-order valence-corrected chi connectivity index (χ4v) is 2.22. The van der Waals surface area contributed by atoms with Crippen molar-refractivity contribution >= 4 is 0 Å². The van der Waals surface area contributed by atoms with Crippen molar-refractivity contribution in [2.45, 2.75) is 39.7 Å². The second-order valence-electron chi connectivity index (χ2n) is 6.02. The summed E-state index contributed by atoms with van der Waals surface area (Å²) in [6.45, 7) is 5.88. The summed E-state index contributed by atoms with van der Waals surface area (Å²) in [5, 5.41) is 3.17. The van der Waals surface area contributed by atoms with Gasteiger partial charge in [0.15, 0.2) is 17.4 Å². The summed E-state index contributed by atoms with van der Waals surface area (Å²) >= 11 is 0. The minimum atomic E-state index is -0.606. The molecule has 1 N–H and O–H groups in total. The minimum absolute atomic E-state index is 0.232. The molecule has 0 amide bonds. The van der Waals surface area contributed by atoms with Gasteiger partial charge in [-0.3, -0.25) is 0 Å². The van der Waals surface area contributed by atoms with Crippen LogP contribution in [0.3, 0.4) is 0 Å². The van der Waals surface area contributed by atoms with E-state index in [4.69, 9.17) is 4.74 Å². The highest BCUT2D eigenvalue weighted by atomic mass is 19.1. The third-order valence-electron chi connectivity index (χ3n) is 3.63. The van der Waals surface area contributed by atoms with Gasteiger partial charge in [0.2, 0.25) is 0 Å². The molecule has 20 heavy (non-hydrogen) atoms. The maximum Gasteiger partial charge on any atom is 0.190 e. The molecule has 2 nitrogen and oxygen atoms in total. The molecule has 0 spiro atoms. The van der Waals surface area contributed by atoms with Gasteiger partial charge in [0, 0.05) is 6.54 Å². The van der Waals surface area contributed by atoms with Crippen LogP contribution in [0.15, 0.2) is 12.1 Å². The van der Waals surface area contributed by atoms with E-state index in [2.05, 4.69) is 19.2 Å². The molecular weight excluding hydrogens is 260 g/mol. The fourth-order valence-electron chi connectivity index (χ4n) is 2.22. The molecule has 0 aliphatic heterocycles. The summed E-state index contributed by atoms with van der Waals surface area (Å²) in [5.74, 6) is -0.475. The Morgan fingerprint density at radius 3 is 2.40 bits per heavy atom. The number of hydrogen-bond acceptors (Lipinski definition) is 2. The van der Waals surface area contributed by atoms with Crippen LogP contribution in [-0.4, -0.2) is 13.2 Å². The van der Waals surface area contributed by atoms with E-state index in [0.717, 1.165) is 19.4 Å². The lowest BCUT2D eigenvalue weighted by atomic mass is 9.86. The molecule has 112 valence electrons. The first kappa shape index (κ1) is 15.2. The number of benzene rings is 1. The number of halogens is 2. The lowest BCUT2D eigenvalue weighted by molar-refractivity contribution is 0.170. The molecule has 0 unspecified atom stereocenters. The van der Waals surface area contributed by atoms with Crippen LogP contribution < -0.4 is 10.1 Å². The van der Waals surface area contributed by atoms with Crippen LogP contribution >= 0.6 is 0 Å². The number of nitrogens with one attached hydrogen (secondary N) is 1. The lowest BCUT2D eigenvalue weighted by Gasteiger charge is -2.25. The van der Waals surface area contributed by atoms with Crippen molar-refractivity contribution in [3.8, 4) is 5.75 Å². The predicted octanol–water partition coefficient (Wildman–Crippen LogP) is 3.89. The highest BCUT2D eigenvalue weighted by Gasteiger charge is 2.20. The van der Waals surface area contributed by atoms with Crippen molar-refractivity contribution in [3.63, 3.8) is 0 Å². The van der Waals surface area contributed by atoms with Gasteiger partial charge in [-0.15, -0.1) is 0 Å². The first-order valence-electron chi connectivity index (χ1n) is 7.37. The maximum absolute atomic E-state index is 13.9. The van der Waals surface area contributed by atoms with E-state index in [1.54, 1.807) is 0 Å². The largest absolute Gasteiger partial charge is 0.487 e. The van der Waals surface area contributed by atoms with Gasteiger partial charge in [0.25, 0.3) is 0 Å². The van der Waals surface area contributed by atoms with Crippen LogP contribution in [0.4, 0.5) is 8.78 Å². The highest BCUT2D eigenvalue weighted by Crippen LogP contribution is 2.29. The van der Waals surface area contributed by atoms with Gasteiger partial charge in [-0.1, -0.05) is 20.3 Å². The topological polar surface area (TPSA) is 21.3 Å². The predicted molar refractivity (Wildman–Crippen MR) is 75.7 cm³/mol. The van der Waals surface area contributed by atoms with E-state index in [1.165, 1.54) is 18.6 Å². The average Bonchev–Trinajstić information content (AvgIpc) is 2.30. The zero-order chi connectivity index (χ0) is 14.5. The third kappa shape index (κ3) is 4.17. The van der Waals surface area contributed by atoms with Crippen LogP contribution in [0.1, 0.15) is 38.7 Å². The van der Waals surface area contributed by atoms with Gasteiger partial charge < -0.3 is 10.1 Å². The summed E-state index contributed by atoms with van der Waals surface area (Å²) in [7, 11) is 0. The van der Waals surface area contributed by atoms with Crippen LogP contribution in [0, 0.1) is 23.5 Å². The van der Waals surface area contributed by atoms with Crippen molar-refractivity contribution in [3.05, 3.63) is 29.3 Å². The molecule has 0 bridgehead atoms. The fraction of sp³-hybridized carbons (Fsp3) is 0.625. The van der Waals surface area contributed by atoms with Crippen molar-refractivity contribution in [2.24, 2.45) is 11.8 Å². The van der Waals surface area contributed by atoms with Crippen molar-refractivity contribution in [1.29, 1.82) is 0 Å². The molecule has 1 aliphatic carbocycles. The Morgan fingerprint density at radius 2 is 1.90 bits per heavy atom. The van der Waals surface area contributed by atoms with Gasteiger partial charge in [-0.2, -0.15) is 0 Å². The molecule has 0 saturated heterocycles. The molecule has 1 aromatic rings. The molecule has 1 fully saturated rings. The molecule has 0 radical (unpaired) electrons. The summed E-state index contributed by atoms with van der Waals surface area (Å²) < 4.78 is 33.1. The average molecular weight is 283 g/mol. The van der Waals surface area contributed by atoms with Gasteiger partial charge in [-0.25, -0.2) is 8.78 Å². The molecule has 0 aromatic heterocycles. The Bertz CT molecular complexity index is 421. The standard InChI is InChI=1S/C16H23F2NO/c1-11(2)8-19-9-13-6-14(17)16(15(18)7-13)20-10-12-4-3-5-12/h6-7,11-12,19H,3-5,8-10H2,1-2H3. The van der Waals surface area contributed by atoms with Crippen LogP contribution in [-0.2, 0) is 6.54 Å². The molecule has 4 heteroatoms. The number of ether oxygens (including phenoxy) is 1. The number of hydrogen-bond donors (Lipinski definition) is 1. The monoisotopic (exact) mass is 283 g/mol. The zero-order valence-corrected chi connectivity index (χ0v) is 12.2. The van der Waals surface area contributed by atoms with E-state index in [-0.39, 0.29) is 5.75 Å². The van der Waals surface area contributed by atoms with Gasteiger partial charge >= 0.3 is 0 Å². The third-order valence-corrected chi connectivity index (χ3v) is 3.63. The first-order valence-corrected chi connectivity index (χ1v) is 7.37. The second kappa shape index (κ2) is 7.02. The Balaban J connectivity index is 1.92. The summed E-state index contributed by atoms with van der Waals surface area (Å²) in [4.78, 5) is 0. The van der Waals surface area contributed by atoms with Gasteiger partial charge in [0.05, 0.1) is 6.61 Å². The summed E-state index contributed by atoms with van der Waals surface area (Å²) in [5.41, 5.74) is 0.608. The smallest absolute Gasteiger partial charge is 0.190 e. The Labute approximate surface area is 119 Å². The second-order valence-corrected chi connectivity index (χ2v) is 6.02. The Morgan fingerprint density at radius 1 is 1.25 bits per heavy atom. The van der Waals surface area contributed by atoms with Gasteiger partial charge in [-0.05, 0) is 48.9 Å². The molecular formula is C16H23F2NO. The maximum atomic E-state index is 13.9. The Hall–Kier alpha value is -1.16. The van der Waals surface area contributed by atoms with E-state index >= 15 is 0 Å². The molecule has 0 heterocycles. The first-order chi connectivity index (χ1) is 9.56. The minimum Gasteiger partial charge on any atom is -0.487 e. The lowest BCUT2D eigenvalue weighted by Crippen LogP contribution is -2.21. The van der Waals surface area contributed by atoms with E-state index in [0.29, 0.717) is 30.6 Å². The van der Waals surface area contributed by atoms with Crippen molar-refractivity contribution < 1.29 is 13.5 Å². The molecule has 1 aliphatic rings. The van der Waals surface area contributed by atoms with E-state index in [9.17, 15) is 8.78 Å². The Kier molecular flexibility index (Phi) is 5.35. The van der Waals surface area contributed by atoms with Crippen LogP contribution in [0.2, 0.25) is 0 Å². The number of rotatable bonds is 7. The highest BCUT2D eigenvalue weighted by molar-refractivity contribution is 5.31. The van der Waals surface area contributed by atoms with Crippen LogP contribution in [0.5, 0.6) is 5.75 Å². The normalized spacial score (nSPS) is 15.4. The van der Waals surface area contributed by atoms with E-state index in [1.807, 2.05) is 0 Å². The van der Waals surface area contributed by atoms with Crippen molar-refractivity contribution in [1.82, 2.24) is 5.32 Å². The molecule has 0 atom stereocenters. The summed E-state index contributed by atoms with van der Waals surface area (Å²) in [6.07, 6.45) is 3.39. The zero-order valence-electron chi connectivity index (χ0n) is 12.2. The SMILES string of the molecule is CC(C)CNCc1cc(F)c(OCC2CCC2)c(F)c1. The van der Waals surface area contributed by atoms with Crippen molar-refractivity contribution in [2.75, 3.05) is 13.2 Å². The summed E-state index contributed by atoms with van der Waals surface area (Å²) in [6, 6.07) is 2.71. The molecule has 1 saturated carbocycles. The van der Waals surface area contributed by atoms with E-state index < -0.39 is 11.6 Å². The molecule has 1 aromatic carbocycles. The quantitative estimate of drug-likeness (QED) is 0.819. The van der Waals surface area contributed by atoms with Gasteiger partial charge in [0.1, 0.15) is 0 Å². The molecule has 2 rings (SSSR count).